The van der Waals surface area contributed by atoms with Gasteiger partial charge in [0.05, 0.1) is 5.38 Å². The molecule has 94 valence electrons. The van der Waals surface area contributed by atoms with Crippen LogP contribution < -0.4 is 0 Å². The van der Waals surface area contributed by atoms with E-state index >= 15 is 0 Å². The molecule has 0 radical (unpaired) electrons. The topological polar surface area (TPSA) is 0 Å². The van der Waals surface area contributed by atoms with Crippen LogP contribution in [0.1, 0.15) is 22.1 Å². The summed E-state index contributed by atoms with van der Waals surface area (Å²) in [6.07, 6.45) is 0. The minimum atomic E-state index is -0.690. The summed E-state index contributed by atoms with van der Waals surface area (Å²) in [5.74, 6) is -1.28. The molecule has 0 nitrogen and oxygen atoms in total. The summed E-state index contributed by atoms with van der Waals surface area (Å²) < 4.78 is 26.5. The van der Waals surface area contributed by atoms with Crippen LogP contribution in [0.3, 0.4) is 0 Å². The first-order chi connectivity index (χ1) is 8.49. The van der Waals surface area contributed by atoms with Gasteiger partial charge in [-0.2, -0.15) is 0 Å². The van der Waals surface area contributed by atoms with Gasteiger partial charge in [0, 0.05) is 16.7 Å². The van der Waals surface area contributed by atoms with Crippen molar-refractivity contribution in [1.29, 1.82) is 0 Å². The molecule has 0 N–H and O–H groups in total. The molecule has 2 aromatic carbocycles. The number of hydrogen-bond acceptors (Lipinski definition) is 0. The van der Waals surface area contributed by atoms with Gasteiger partial charge < -0.3 is 0 Å². The van der Waals surface area contributed by atoms with Crippen LogP contribution >= 0.6 is 23.2 Å². The van der Waals surface area contributed by atoms with E-state index < -0.39 is 17.0 Å². The minimum absolute atomic E-state index is 0.239. The van der Waals surface area contributed by atoms with Crippen LogP contribution in [0.4, 0.5) is 8.78 Å². The highest BCUT2D eigenvalue weighted by molar-refractivity contribution is 6.31. The van der Waals surface area contributed by atoms with Gasteiger partial charge in [-0.1, -0.05) is 23.7 Å². The van der Waals surface area contributed by atoms with Crippen molar-refractivity contribution >= 4 is 23.2 Å². The second kappa shape index (κ2) is 5.25. The second-order valence-electron chi connectivity index (χ2n) is 4.03. The lowest BCUT2D eigenvalue weighted by Crippen LogP contribution is -2.00. The van der Waals surface area contributed by atoms with Gasteiger partial charge in [-0.25, -0.2) is 8.78 Å². The van der Waals surface area contributed by atoms with Crippen LogP contribution in [-0.4, -0.2) is 0 Å². The normalized spacial score (nSPS) is 12.5. The molecular weight excluding hydrogens is 277 g/mol. The van der Waals surface area contributed by atoms with Crippen LogP contribution in [0.25, 0.3) is 0 Å². The van der Waals surface area contributed by atoms with E-state index in [4.69, 9.17) is 23.2 Å². The van der Waals surface area contributed by atoms with E-state index in [1.807, 2.05) is 13.0 Å². The number of aryl methyl sites for hydroxylation is 1. The van der Waals surface area contributed by atoms with E-state index in [9.17, 15) is 8.78 Å². The smallest absolute Gasteiger partial charge is 0.131 e. The van der Waals surface area contributed by atoms with E-state index in [1.165, 1.54) is 12.1 Å². The molecule has 0 spiro atoms. The Morgan fingerprint density at radius 1 is 1.00 bits per heavy atom. The van der Waals surface area contributed by atoms with Gasteiger partial charge in [0.25, 0.3) is 0 Å². The molecule has 1 unspecified atom stereocenters. The summed E-state index contributed by atoms with van der Waals surface area (Å²) >= 11 is 12.1. The first-order valence-electron chi connectivity index (χ1n) is 5.34. The molecule has 0 aliphatic heterocycles. The number of alkyl halides is 1. The molecule has 0 fully saturated rings. The number of hydrogen-bond donors (Lipinski definition) is 0. The summed E-state index contributed by atoms with van der Waals surface area (Å²) in [6, 6.07) is 8.61. The van der Waals surface area contributed by atoms with Gasteiger partial charge in [-0.3, -0.25) is 0 Å². The molecule has 0 aromatic heterocycles. The van der Waals surface area contributed by atoms with E-state index in [0.717, 1.165) is 17.2 Å². The average molecular weight is 287 g/mol. The quantitative estimate of drug-likeness (QED) is 0.661. The standard InChI is InChI=1S/C14H10Cl2F2/c1-8-2-3-9(15)6-12(8)14(16)11-5-4-10(17)7-13(11)18/h2-7,14H,1H3. The molecule has 4 heteroatoms. The molecule has 2 aromatic rings. The van der Waals surface area contributed by atoms with E-state index in [0.29, 0.717) is 5.02 Å². The van der Waals surface area contributed by atoms with Gasteiger partial charge in [0.2, 0.25) is 0 Å². The second-order valence-corrected chi connectivity index (χ2v) is 4.90. The molecule has 0 bridgehead atoms. The van der Waals surface area contributed by atoms with Crippen LogP contribution in [0.5, 0.6) is 0 Å². The third-order valence-corrected chi connectivity index (χ3v) is 3.46. The van der Waals surface area contributed by atoms with Crippen molar-refractivity contribution in [2.24, 2.45) is 0 Å². The first-order valence-corrected chi connectivity index (χ1v) is 6.15. The lowest BCUT2D eigenvalue weighted by atomic mass is 9.99. The van der Waals surface area contributed by atoms with Gasteiger partial charge >= 0.3 is 0 Å². The molecule has 0 saturated carbocycles. The number of halogens is 4. The average Bonchev–Trinajstić information content (AvgIpc) is 2.31. The molecule has 1 atom stereocenters. The molecule has 0 heterocycles. The zero-order valence-corrected chi connectivity index (χ0v) is 11.1. The minimum Gasteiger partial charge on any atom is -0.207 e. The van der Waals surface area contributed by atoms with Crippen LogP contribution in [0.15, 0.2) is 36.4 Å². The largest absolute Gasteiger partial charge is 0.207 e. The summed E-state index contributed by atoms with van der Waals surface area (Å²) in [5, 5.41) is -0.159. The SMILES string of the molecule is Cc1ccc(Cl)cc1C(Cl)c1ccc(F)cc1F. The van der Waals surface area contributed by atoms with Crippen LogP contribution in [-0.2, 0) is 0 Å². The first kappa shape index (κ1) is 13.3. The lowest BCUT2D eigenvalue weighted by Gasteiger charge is -2.14. The molecule has 0 amide bonds. The Labute approximate surface area is 114 Å². The van der Waals surface area contributed by atoms with Crippen molar-refractivity contribution in [3.63, 3.8) is 0 Å². The van der Waals surface area contributed by atoms with Crippen LogP contribution in [0, 0.1) is 18.6 Å². The van der Waals surface area contributed by atoms with E-state index in [-0.39, 0.29) is 5.56 Å². The molecule has 0 aliphatic rings. The number of benzene rings is 2. The summed E-state index contributed by atoms with van der Waals surface area (Å²) in [5.41, 5.74) is 1.86. The Morgan fingerprint density at radius 2 is 1.72 bits per heavy atom. The van der Waals surface area contributed by atoms with E-state index in [1.54, 1.807) is 12.1 Å². The predicted octanol–water partition coefficient (Wildman–Crippen LogP) is 5.25. The summed E-state index contributed by atoms with van der Waals surface area (Å²) in [7, 11) is 0. The highest BCUT2D eigenvalue weighted by Gasteiger charge is 2.17. The van der Waals surface area contributed by atoms with Gasteiger partial charge in [0.1, 0.15) is 11.6 Å². The zero-order chi connectivity index (χ0) is 13.3. The van der Waals surface area contributed by atoms with Crippen molar-refractivity contribution < 1.29 is 8.78 Å². The maximum absolute atomic E-state index is 13.7. The monoisotopic (exact) mass is 286 g/mol. The van der Waals surface area contributed by atoms with E-state index in [2.05, 4.69) is 0 Å². The third kappa shape index (κ3) is 2.65. The molecular formula is C14H10Cl2F2. The molecule has 18 heavy (non-hydrogen) atoms. The highest BCUT2D eigenvalue weighted by atomic mass is 35.5. The Hall–Kier alpha value is -1.12. The predicted molar refractivity (Wildman–Crippen MR) is 70.2 cm³/mol. The Balaban J connectivity index is 2.47. The highest BCUT2D eigenvalue weighted by Crippen LogP contribution is 2.34. The van der Waals surface area contributed by atoms with Gasteiger partial charge in [-0.15, -0.1) is 11.6 Å². The van der Waals surface area contributed by atoms with Crippen molar-refractivity contribution in [2.75, 3.05) is 0 Å². The lowest BCUT2D eigenvalue weighted by molar-refractivity contribution is 0.573. The molecule has 2 rings (SSSR count). The number of rotatable bonds is 2. The van der Waals surface area contributed by atoms with Crippen molar-refractivity contribution in [3.8, 4) is 0 Å². The Kier molecular flexibility index (Phi) is 3.88. The molecule has 0 aliphatic carbocycles. The maximum atomic E-state index is 13.7. The Morgan fingerprint density at radius 3 is 2.39 bits per heavy atom. The van der Waals surface area contributed by atoms with Gasteiger partial charge in [0.15, 0.2) is 0 Å². The maximum Gasteiger partial charge on any atom is 0.131 e. The zero-order valence-electron chi connectivity index (χ0n) is 9.55. The van der Waals surface area contributed by atoms with Crippen molar-refractivity contribution in [2.45, 2.75) is 12.3 Å². The summed E-state index contributed by atoms with van der Waals surface area (Å²) in [4.78, 5) is 0. The fourth-order valence-corrected chi connectivity index (χ4v) is 2.35. The Bertz CT molecular complexity index is 582. The molecule has 0 saturated heterocycles. The van der Waals surface area contributed by atoms with Crippen molar-refractivity contribution in [3.05, 3.63) is 69.7 Å². The third-order valence-electron chi connectivity index (χ3n) is 2.75. The van der Waals surface area contributed by atoms with Gasteiger partial charge in [-0.05, 0) is 36.2 Å². The fraction of sp³-hybridized carbons (Fsp3) is 0.143. The summed E-state index contributed by atoms with van der Waals surface area (Å²) in [6.45, 7) is 1.86. The van der Waals surface area contributed by atoms with Crippen LogP contribution in [0.2, 0.25) is 5.02 Å². The van der Waals surface area contributed by atoms with Crippen molar-refractivity contribution in [1.82, 2.24) is 0 Å². The fourth-order valence-electron chi connectivity index (χ4n) is 1.76.